The fraction of sp³-hybridized carbons (Fsp3) is 0.167. The summed E-state index contributed by atoms with van der Waals surface area (Å²) in [6.07, 6.45) is 7.01. The molecule has 4 heterocycles. The van der Waals surface area contributed by atoms with Crippen LogP contribution < -0.4 is 5.73 Å². The summed E-state index contributed by atoms with van der Waals surface area (Å²) in [5.74, 6) is 0.0599. The summed E-state index contributed by atoms with van der Waals surface area (Å²) in [5.41, 5.74) is 9.46. The molecule has 5 aromatic rings. The summed E-state index contributed by atoms with van der Waals surface area (Å²) < 4.78 is 14.2. The number of halogens is 1. The molecule has 4 aromatic heterocycles. The molecule has 1 aromatic carbocycles. The average Bonchev–Trinajstić information content (AvgIpc) is 3.46. The van der Waals surface area contributed by atoms with E-state index >= 15 is 0 Å². The smallest absolute Gasteiger partial charge is 0.220 e. The Morgan fingerprint density at radius 1 is 1.12 bits per heavy atom. The average molecular weight is 443 g/mol. The zero-order valence-corrected chi connectivity index (χ0v) is 17.9. The van der Waals surface area contributed by atoms with Gasteiger partial charge in [0.1, 0.15) is 17.9 Å². The van der Waals surface area contributed by atoms with E-state index in [2.05, 4.69) is 25.0 Å². The van der Waals surface area contributed by atoms with Crippen LogP contribution >= 0.6 is 0 Å². The predicted molar refractivity (Wildman–Crippen MR) is 124 cm³/mol. The topological polar surface area (TPSA) is 119 Å². The quantitative estimate of drug-likeness (QED) is 0.368. The Labute approximate surface area is 189 Å². The molecule has 0 amide bonds. The summed E-state index contributed by atoms with van der Waals surface area (Å²) in [7, 11) is 0. The van der Waals surface area contributed by atoms with E-state index in [9.17, 15) is 9.50 Å². The molecule has 9 heteroatoms. The maximum absolute atomic E-state index is 12.6. The van der Waals surface area contributed by atoms with Crippen molar-refractivity contribution in [2.45, 2.75) is 19.1 Å². The third-order valence-electron chi connectivity index (χ3n) is 5.67. The molecule has 0 fully saturated rings. The zero-order chi connectivity index (χ0) is 23.0. The highest BCUT2D eigenvalue weighted by Gasteiger charge is 2.28. The number of pyridine rings is 1. The van der Waals surface area contributed by atoms with Gasteiger partial charge < -0.3 is 15.8 Å². The third-order valence-corrected chi connectivity index (χ3v) is 5.67. The Balaban J connectivity index is 1.59. The van der Waals surface area contributed by atoms with Gasteiger partial charge >= 0.3 is 0 Å². The van der Waals surface area contributed by atoms with Crippen LogP contribution in [0, 0.1) is 0 Å². The minimum atomic E-state index is -1.35. The van der Waals surface area contributed by atoms with Crippen LogP contribution in [0.2, 0.25) is 0 Å². The second-order valence-electron chi connectivity index (χ2n) is 7.94. The van der Waals surface area contributed by atoms with Crippen LogP contribution in [0.3, 0.4) is 0 Å². The Kier molecular flexibility index (Phi) is 5.10. The summed E-state index contributed by atoms with van der Waals surface area (Å²) in [4.78, 5) is 16.4. The van der Waals surface area contributed by atoms with Gasteiger partial charge in [-0.15, -0.1) is 0 Å². The number of nitrogen functional groups attached to an aromatic ring is 1. The molecular weight excluding hydrogens is 421 g/mol. The largest absolute Gasteiger partial charge is 0.379 e. The number of nitrogens with one attached hydrogen (secondary N) is 1. The molecule has 166 valence electrons. The van der Waals surface area contributed by atoms with E-state index in [0.29, 0.717) is 22.6 Å². The summed E-state index contributed by atoms with van der Waals surface area (Å²) in [6, 6.07) is 13.0. The predicted octanol–water partition coefficient (Wildman–Crippen LogP) is 3.69. The highest BCUT2D eigenvalue weighted by atomic mass is 19.1. The van der Waals surface area contributed by atoms with E-state index in [1.807, 2.05) is 36.4 Å². The first kappa shape index (κ1) is 20.8. The Hall–Kier alpha value is -4.11. The van der Waals surface area contributed by atoms with E-state index in [0.717, 1.165) is 22.1 Å². The molecule has 33 heavy (non-hydrogen) atoms. The molecule has 4 N–H and O–H groups in total. The van der Waals surface area contributed by atoms with E-state index in [-0.39, 0.29) is 12.5 Å². The number of aromatic nitrogens is 6. The molecule has 8 nitrogen and oxygen atoms in total. The van der Waals surface area contributed by atoms with Crippen molar-refractivity contribution >= 4 is 17.0 Å². The highest BCUT2D eigenvalue weighted by Crippen LogP contribution is 2.34. The number of aromatic amines is 1. The summed E-state index contributed by atoms with van der Waals surface area (Å²) in [5, 5.41) is 16.3. The third kappa shape index (κ3) is 3.83. The molecular formula is C24H22FN7O. The molecule has 0 spiro atoms. The van der Waals surface area contributed by atoms with E-state index in [1.165, 1.54) is 0 Å². The summed E-state index contributed by atoms with van der Waals surface area (Å²) >= 11 is 0. The normalized spacial score (nSPS) is 13.3. The number of anilines is 1. The van der Waals surface area contributed by atoms with Gasteiger partial charge in [-0.25, -0.2) is 19.3 Å². The molecule has 0 radical (unpaired) electrons. The lowest BCUT2D eigenvalue weighted by Gasteiger charge is -2.24. The van der Waals surface area contributed by atoms with Gasteiger partial charge in [-0.2, -0.15) is 5.10 Å². The van der Waals surface area contributed by atoms with Gasteiger partial charge in [0.2, 0.25) is 5.95 Å². The molecule has 0 saturated heterocycles. The Bertz CT molecular complexity index is 1430. The number of hydrogen-bond donors (Lipinski definition) is 3. The van der Waals surface area contributed by atoms with Crippen LogP contribution in [0.4, 0.5) is 10.3 Å². The van der Waals surface area contributed by atoms with Crippen molar-refractivity contribution < 1.29 is 9.50 Å². The van der Waals surface area contributed by atoms with Crippen LogP contribution in [-0.2, 0) is 12.1 Å². The fourth-order valence-electron chi connectivity index (χ4n) is 3.86. The van der Waals surface area contributed by atoms with Gasteiger partial charge in [-0.1, -0.05) is 30.3 Å². The molecule has 0 aliphatic rings. The minimum absolute atomic E-state index is 0.0599. The zero-order valence-electron chi connectivity index (χ0n) is 17.9. The lowest BCUT2D eigenvalue weighted by atomic mass is 9.91. The lowest BCUT2D eigenvalue weighted by Crippen LogP contribution is -2.25. The molecule has 1 unspecified atom stereocenters. The van der Waals surface area contributed by atoms with Gasteiger partial charge in [0.15, 0.2) is 0 Å². The van der Waals surface area contributed by atoms with Gasteiger partial charge in [0, 0.05) is 40.7 Å². The number of hydrogen-bond acceptors (Lipinski definition) is 6. The SMILES string of the molecule is CC(O)(c1ccccc1)c1cc(-c2c[nH]c3ncc(-c4cnn(CCF)c4)cc23)nc(N)n1. The standard InChI is InChI=1S/C24H22FN7O/c1-24(33,17-5-3-2-4-6-17)21-10-20(30-23(26)31-21)19-13-28-22-18(19)9-15(11-27-22)16-12-29-32(14-16)8-7-25/h2-6,9-14,33H,7-8H2,1H3,(H,27,28)(H2,26,30,31). The molecule has 0 aliphatic carbocycles. The Morgan fingerprint density at radius 2 is 1.94 bits per heavy atom. The van der Waals surface area contributed by atoms with Crippen LogP contribution in [0.15, 0.2) is 67.3 Å². The minimum Gasteiger partial charge on any atom is -0.379 e. The number of nitrogens with two attached hydrogens (primary N) is 1. The van der Waals surface area contributed by atoms with Crippen molar-refractivity contribution in [1.29, 1.82) is 0 Å². The van der Waals surface area contributed by atoms with Crippen LogP contribution in [-0.4, -0.2) is 41.5 Å². The van der Waals surface area contributed by atoms with Crippen LogP contribution in [0.1, 0.15) is 18.2 Å². The lowest BCUT2D eigenvalue weighted by molar-refractivity contribution is 0.0975. The van der Waals surface area contributed by atoms with Gasteiger partial charge in [-0.05, 0) is 24.6 Å². The number of H-pyrrole nitrogens is 1. The van der Waals surface area contributed by atoms with Gasteiger partial charge in [-0.3, -0.25) is 4.68 Å². The number of alkyl halides is 1. The maximum atomic E-state index is 12.6. The number of benzene rings is 1. The van der Waals surface area contributed by atoms with Gasteiger partial charge in [0.25, 0.3) is 0 Å². The first-order valence-electron chi connectivity index (χ1n) is 10.4. The van der Waals surface area contributed by atoms with Crippen molar-refractivity contribution in [2.24, 2.45) is 0 Å². The van der Waals surface area contributed by atoms with Crippen molar-refractivity contribution in [3.05, 3.63) is 78.5 Å². The molecule has 0 bridgehead atoms. The molecule has 5 rings (SSSR count). The van der Waals surface area contributed by atoms with Crippen LogP contribution in [0.25, 0.3) is 33.4 Å². The molecule has 0 aliphatic heterocycles. The second-order valence-corrected chi connectivity index (χ2v) is 7.94. The number of rotatable bonds is 6. The number of aliphatic hydroxyl groups is 1. The van der Waals surface area contributed by atoms with E-state index < -0.39 is 12.3 Å². The van der Waals surface area contributed by atoms with Crippen molar-refractivity contribution in [2.75, 3.05) is 12.4 Å². The van der Waals surface area contributed by atoms with Crippen molar-refractivity contribution in [3.8, 4) is 22.4 Å². The monoisotopic (exact) mass is 443 g/mol. The summed E-state index contributed by atoms with van der Waals surface area (Å²) in [6.45, 7) is 1.40. The fourth-order valence-corrected chi connectivity index (χ4v) is 3.86. The number of nitrogens with zero attached hydrogens (tertiary/aromatic N) is 5. The first-order chi connectivity index (χ1) is 16.0. The number of fused-ring (bicyclic) bond motifs is 1. The maximum Gasteiger partial charge on any atom is 0.220 e. The molecule has 1 atom stereocenters. The van der Waals surface area contributed by atoms with Crippen molar-refractivity contribution in [1.82, 2.24) is 29.7 Å². The second kappa shape index (κ2) is 8.10. The Morgan fingerprint density at radius 3 is 2.73 bits per heavy atom. The van der Waals surface area contributed by atoms with Crippen LogP contribution in [0.5, 0.6) is 0 Å². The number of aryl methyl sites for hydroxylation is 1. The van der Waals surface area contributed by atoms with E-state index in [1.54, 1.807) is 42.5 Å². The van der Waals surface area contributed by atoms with Gasteiger partial charge in [0.05, 0.1) is 24.1 Å². The highest BCUT2D eigenvalue weighted by molar-refractivity contribution is 5.95. The van der Waals surface area contributed by atoms with Crippen molar-refractivity contribution in [3.63, 3.8) is 0 Å². The van der Waals surface area contributed by atoms with E-state index in [4.69, 9.17) is 5.73 Å². The molecule has 0 saturated carbocycles. The first-order valence-corrected chi connectivity index (χ1v) is 10.4.